The van der Waals surface area contributed by atoms with Crippen LogP contribution >= 0.6 is 27.5 Å². The highest BCUT2D eigenvalue weighted by Gasteiger charge is 2.00. The molecule has 0 aliphatic carbocycles. The molecule has 0 atom stereocenters. The summed E-state index contributed by atoms with van der Waals surface area (Å²) in [7, 11) is 0. The summed E-state index contributed by atoms with van der Waals surface area (Å²) in [6.45, 7) is 5.88. The lowest BCUT2D eigenvalue weighted by Gasteiger charge is -2.00. The quantitative estimate of drug-likeness (QED) is 0.735. The van der Waals surface area contributed by atoms with Gasteiger partial charge in [0.1, 0.15) is 5.75 Å². The van der Waals surface area contributed by atoms with Gasteiger partial charge in [0.2, 0.25) is 0 Å². The summed E-state index contributed by atoms with van der Waals surface area (Å²) < 4.78 is 0.831. The fraction of sp³-hybridized carbons (Fsp3) is 0.333. The van der Waals surface area contributed by atoms with Gasteiger partial charge >= 0.3 is 0 Å². The molecule has 0 aliphatic heterocycles. The highest BCUT2D eigenvalue weighted by molar-refractivity contribution is 9.10. The Hall–Kier alpha value is -0.210. The predicted octanol–water partition coefficient (Wildman–Crippen LogP) is 4.14. The van der Waals surface area contributed by atoms with Gasteiger partial charge in [-0.05, 0) is 24.6 Å². The van der Waals surface area contributed by atoms with E-state index < -0.39 is 0 Å². The summed E-state index contributed by atoms with van der Waals surface area (Å²) in [6, 6.07) is 3.13. The highest BCUT2D eigenvalue weighted by atomic mass is 79.9. The minimum atomic E-state index is 0.183. The molecule has 0 heterocycles. The third kappa shape index (κ3) is 3.03. The number of phenolic OH excluding ortho intramolecular Hbond substituents is 1. The molecule has 1 N–H and O–H groups in total. The van der Waals surface area contributed by atoms with Crippen LogP contribution in [0.2, 0.25) is 5.02 Å². The molecule has 1 aromatic carbocycles. The summed E-state index contributed by atoms with van der Waals surface area (Å²) in [4.78, 5) is 0. The molecule has 0 radical (unpaired) electrons. The largest absolute Gasteiger partial charge is 0.508 e. The number of halogens is 2. The summed E-state index contributed by atoms with van der Waals surface area (Å²) in [5.41, 5.74) is 0.944. The van der Waals surface area contributed by atoms with Crippen molar-refractivity contribution in [3.63, 3.8) is 0 Å². The fourth-order valence-corrected chi connectivity index (χ4v) is 1.41. The van der Waals surface area contributed by atoms with Crippen molar-refractivity contribution in [3.05, 3.63) is 27.2 Å². The Balaban J connectivity index is 0.000000561. The molecule has 0 spiro atoms. The number of hydrogen-bond acceptors (Lipinski definition) is 1. The molecule has 1 nitrogen and oxygen atoms in total. The molecule has 0 fully saturated rings. The minimum Gasteiger partial charge on any atom is -0.508 e. The second-order valence-electron chi connectivity index (χ2n) is 2.03. The highest BCUT2D eigenvalue weighted by Crippen LogP contribution is 2.28. The van der Waals surface area contributed by atoms with Gasteiger partial charge in [-0.2, -0.15) is 0 Å². The van der Waals surface area contributed by atoms with Crippen LogP contribution in [0.1, 0.15) is 19.4 Å². The van der Waals surface area contributed by atoms with Crippen molar-refractivity contribution in [2.24, 2.45) is 0 Å². The van der Waals surface area contributed by atoms with Gasteiger partial charge in [-0.15, -0.1) is 0 Å². The second-order valence-corrected chi connectivity index (χ2v) is 3.30. The maximum atomic E-state index is 9.00. The Morgan fingerprint density at radius 2 is 1.83 bits per heavy atom. The van der Waals surface area contributed by atoms with Gasteiger partial charge in [-0.25, -0.2) is 0 Å². The molecule has 0 aliphatic rings. The van der Waals surface area contributed by atoms with Crippen molar-refractivity contribution in [1.29, 1.82) is 0 Å². The van der Waals surface area contributed by atoms with E-state index in [2.05, 4.69) is 15.9 Å². The van der Waals surface area contributed by atoms with Crippen molar-refractivity contribution in [3.8, 4) is 5.75 Å². The summed E-state index contributed by atoms with van der Waals surface area (Å²) in [6.07, 6.45) is 0. The van der Waals surface area contributed by atoms with Gasteiger partial charge in [0, 0.05) is 9.50 Å². The smallest absolute Gasteiger partial charge is 0.118 e. The van der Waals surface area contributed by atoms with E-state index in [0.29, 0.717) is 5.02 Å². The van der Waals surface area contributed by atoms with Crippen molar-refractivity contribution in [2.45, 2.75) is 20.8 Å². The van der Waals surface area contributed by atoms with Crippen LogP contribution < -0.4 is 0 Å². The molecule has 1 aromatic rings. The van der Waals surface area contributed by atoms with E-state index in [9.17, 15) is 0 Å². The van der Waals surface area contributed by atoms with Crippen LogP contribution in [0, 0.1) is 6.92 Å². The van der Waals surface area contributed by atoms with Gasteiger partial charge in [-0.3, -0.25) is 0 Å². The first-order valence-corrected chi connectivity index (χ1v) is 4.93. The Morgan fingerprint density at radius 1 is 1.33 bits per heavy atom. The second kappa shape index (κ2) is 5.44. The van der Waals surface area contributed by atoms with Crippen LogP contribution in [-0.2, 0) is 0 Å². The van der Waals surface area contributed by atoms with Crippen molar-refractivity contribution >= 4 is 27.5 Å². The zero-order chi connectivity index (χ0) is 9.72. The van der Waals surface area contributed by atoms with Crippen LogP contribution in [-0.4, -0.2) is 5.11 Å². The zero-order valence-corrected chi connectivity index (χ0v) is 9.70. The van der Waals surface area contributed by atoms with E-state index in [4.69, 9.17) is 16.7 Å². The minimum absolute atomic E-state index is 0.183. The van der Waals surface area contributed by atoms with Crippen LogP contribution in [0.15, 0.2) is 16.6 Å². The fourth-order valence-electron chi connectivity index (χ4n) is 0.632. The van der Waals surface area contributed by atoms with E-state index in [1.54, 1.807) is 6.07 Å². The molecule has 3 heteroatoms. The molecular weight excluding hydrogens is 239 g/mol. The van der Waals surface area contributed by atoms with Crippen LogP contribution in [0.4, 0.5) is 0 Å². The molecular formula is C9H12BrClO. The molecule has 0 bridgehead atoms. The molecule has 0 saturated carbocycles. The lowest BCUT2D eigenvalue weighted by molar-refractivity contribution is 0.475. The molecule has 0 saturated heterocycles. The number of aromatic hydroxyl groups is 1. The summed E-state index contributed by atoms with van der Waals surface area (Å²) in [5.74, 6) is 0.183. The SMILES string of the molecule is CC.Cc1c(Cl)cc(O)cc1Br. The molecule has 0 aromatic heterocycles. The predicted molar refractivity (Wildman–Crippen MR) is 56.9 cm³/mol. The van der Waals surface area contributed by atoms with Crippen molar-refractivity contribution < 1.29 is 5.11 Å². The molecule has 1 rings (SSSR count). The van der Waals surface area contributed by atoms with E-state index in [1.807, 2.05) is 20.8 Å². The van der Waals surface area contributed by atoms with Gasteiger partial charge in [0.15, 0.2) is 0 Å². The van der Waals surface area contributed by atoms with Crippen molar-refractivity contribution in [1.82, 2.24) is 0 Å². The third-order valence-corrected chi connectivity index (χ3v) is 2.48. The normalized spacial score (nSPS) is 8.75. The Kier molecular flexibility index (Phi) is 5.34. The summed E-state index contributed by atoms with van der Waals surface area (Å²) >= 11 is 8.98. The maximum Gasteiger partial charge on any atom is 0.118 e. The standard InChI is InChI=1S/C7H6BrClO.C2H6/c1-4-6(8)2-5(10)3-7(4)9;1-2/h2-3,10H,1H3;1-2H3. The Morgan fingerprint density at radius 3 is 2.25 bits per heavy atom. The van der Waals surface area contributed by atoms with E-state index >= 15 is 0 Å². The molecule has 0 amide bonds. The third-order valence-electron chi connectivity index (χ3n) is 1.27. The zero-order valence-electron chi connectivity index (χ0n) is 7.36. The first-order chi connectivity index (χ1) is 5.61. The first kappa shape index (κ1) is 11.8. The number of hydrogen-bond donors (Lipinski definition) is 1. The average molecular weight is 252 g/mol. The maximum absolute atomic E-state index is 9.00. The lowest BCUT2D eigenvalue weighted by atomic mass is 10.2. The topological polar surface area (TPSA) is 20.2 Å². The Labute approximate surface area is 86.5 Å². The number of benzene rings is 1. The first-order valence-electron chi connectivity index (χ1n) is 3.76. The van der Waals surface area contributed by atoms with Crippen LogP contribution in [0.3, 0.4) is 0 Å². The van der Waals surface area contributed by atoms with E-state index in [-0.39, 0.29) is 5.75 Å². The number of rotatable bonds is 0. The van der Waals surface area contributed by atoms with Gasteiger partial charge in [-0.1, -0.05) is 41.4 Å². The molecule has 12 heavy (non-hydrogen) atoms. The van der Waals surface area contributed by atoms with Gasteiger partial charge in [0.25, 0.3) is 0 Å². The van der Waals surface area contributed by atoms with Gasteiger partial charge in [0.05, 0.1) is 0 Å². The van der Waals surface area contributed by atoms with E-state index in [0.717, 1.165) is 10.0 Å². The van der Waals surface area contributed by atoms with Crippen molar-refractivity contribution in [2.75, 3.05) is 0 Å². The van der Waals surface area contributed by atoms with Gasteiger partial charge < -0.3 is 5.11 Å². The molecule has 0 unspecified atom stereocenters. The number of phenols is 1. The monoisotopic (exact) mass is 250 g/mol. The van der Waals surface area contributed by atoms with E-state index in [1.165, 1.54) is 6.07 Å². The summed E-state index contributed by atoms with van der Waals surface area (Å²) in [5, 5.41) is 9.58. The van der Waals surface area contributed by atoms with Crippen LogP contribution in [0.25, 0.3) is 0 Å². The average Bonchev–Trinajstić information content (AvgIpc) is 2.04. The lowest BCUT2D eigenvalue weighted by Crippen LogP contribution is -1.76. The van der Waals surface area contributed by atoms with Crippen LogP contribution in [0.5, 0.6) is 5.75 Å². The molecule has 68 valence electrons. The Bertz CT molecular complexity index is 238.